The van der Waals surface area contributed by atoms with Gasteiger partial charge in [0.15, 0.2) is 0 Å². The monoisotopic (exact) mass is 426 g/mol. The number of rotatable bonds is 7. The van der Waals surface area contributed by atoms with E-state index in [0.717, 1.165) is 16.1 Å². The van der Waals surface area contributed by atoms with E-state index < -0.39 is 20.0 Å². The van der Waals surface area contributed by atoms with E-state index in [1.54, 1.807) is 44.4 Å². The second kappa shape index (κ2) is 8.00. The van der Waals surface area contributed by atoms with E-state index in [1.165, 1.54) is 13.1 Å². The Bertz CT molecular complexity index is 1080. The molecular formula is C19H26N2O5S2. The van der Waals surface area contributed by atoms with Crippen molar-refractivity contribution in [3.8, 4) is 5.75 Å². The molecular weight excluding hydrogens is 400 g/mol. The zero-order valence-corrected chi connectivity index (χ0v) is 18.5. The Labute approximate surface area is 167 Å². The summed E-state index contributed by atoms with van der Waals surface area (Å²) in [7, 11) is -4.37. The summed E-state index contributed by atoms with van der Waals surface area (Å²) in [6.07, 6.45) is 1.08. The van der Waals surface area contributed by atoms with E-state index >= 15 is 0 Å². The molecule has 0 aliphatic carbocycles. The van der Waals surface area contributed by atoms with Crippen molar-refractivity contribution >= 4 is 31.4 Å². The predicted molar refractivity (Wildman–Crippen MR) is 112 cm³/mol. The molecule has 0 fully saturated rings. The van der Waals surface area contributed by atoms with Crippen LogP contribution in [0, 0.1) is 6.92 Å². The van der Waals surface area contributed by atoms with E-state index in [4.69, 9.17) is 4.74 Å². The molecule has 0 aromatic heterocycles. The second-order valence-electron chi connectivity index (χ2n) is 6.90. The minimum absolute atomic E-state index is 0.0799. The van der Waals surface area contributed by atoms with Crippen LogP contribution in [0.15, 0.2) is 41.3 Å². The molecule has 2 aromatic rings. The molecule has 0 atom stereocenters. The van der Waals surface area contributed by atoms with Crippen LogP contribution in [-0.2, 0) is 20.0 Å². The number of ether oxygens (including phenoxy) is 1. The molecule has 0 amide bonds. The number of hydrogen-bond donors (Lipinski definition) is 1. The first-order valence-corrected chi connectivity index (χ1v) is 11.9. The summed E-state index contributed by atoms with van der Waals surface area (Å²) in [6, 6.07) is 9.55. The number of methoxy groups -OCH3 is 1. The van der Waals surface area contributed by atoms with Gasteiger partial charge in [-0.3, -0.25) is 9.03 Å². The van der Waals surface area contributed by atoms with Crippen molar-refractivity contribution in [2.75, 3.05) is 29.4 Å². The van der Waals surface area contributed by atoms with Gasteiger partial charge in [0.1, 0.15) is 5.75 Å². The maximum absolute atomic E-state index is 13.0. The Balaban J connectivity index is 2.46. The van der Waals surface area contributed by atoms with Gasteiger partial charge in [-0.05, 0) is 54.3 Å². The smallest absolute Gasteiger partial charge is 0.262 e. The van der Waals surface area contributed by atoms with Crippen LogP contribution in [0.3, 0.4) is 0 Å². The van der Waals surface area contributed by atoms with Crippen LogP contribution in [-0.4, -0.2) is 37.2 Å². The van der Waals surface area contributed by atoms with Gasteiger partial charge in [-0.15, -0.1) is 0 Å². The molecule has 0 aliphatic heterocycles. The second-order valence-corrected chi connectivity index (χ2v) is 10.6. The molecule has 2 aromatic carbocycles. The maximum Gasteiger partial charge on any atom is 0.262 e. The van der Waals surface area contributed by atoms with Gasteiger partial charge in [-0.1, -0.05) is 19.9 Å². The first kappa shape index (κ1) is 22.0. The van der Waals surface area contributed by atoms with Gasteiger partial charge in [0.05, 0.1) is 29.6 Å². The van der Waals surface area contributed by atoms with Crippen LogP contribution in [0.5, 0.6) is 5.75 Å². The molecule has 0 unspecified atom stereocenters. The molecule has 28 heavy (non-hydrogen) atoms. The lowest BCUT2D eigenvalue weighted by Crippen LogP contribution is -2.25. The Morgan fingerprint density at radius 3 is 2.25 bits per heavy atom. The van der Waals surface area contributed by atoms with Crippen LogP contribution >= 0.6 is 0 Å². The summed E-state index contributed by atoms with van der Waals surface area (Å²) >= 11 is 0. The van der Waals surface area contributed by atoms with E-state index in [9.17, 15) is 16.8 Å². The van der Waals surface area contributed by atoms with E-state index in [0.29, 0.717) is 17.0 Å². The summed E-state index contributed by atoms with van der Waals surface area (Å²) in [5.74, 6) is 0.722. The Kier molecular flexibility index (Phi) is 6.30. The Hall–Kier alpha value is -2.26. The largest absolute Gasteiger partial charge is 0.496 e. The fourth-order valence-corrected chi connectivity index (χ4v) is 4.57. The van der Waals surface area contributed by atoms with Gasteiger partial charge >= 0.3 is 0 Å². The van der Waals surface area contributed by atoms with Gasteiger partial charge in [0.25, 0.3) is 10.0 Å². The molecule has 7 nitrogen and oxygen atoms in total. The quantitative estimate of drug-likeness (QED) is 0.733. The highest BCUT2D eigenvalue weighted by Gasteiger charge is 2.22. The average Bonchev–Trinajstić information content (AvgIpc) is 2.59. The molecule has 0 spiro atoms. The molecule has 154 valence electrons. The molecule has 2 rings (SSSR count). The number of sulfonamides is 2. The molecule has 9 heteroatoms. The molecule has 0 heterocycles. The molecule has 0 bridgehead atoms. The van der Waals surface area contributed by atoms with Crippen molar-refractivity contribution in [1.82, 2.24) is 0 Å². The Morgan fingerprint density at radius 1 is 1.07 bits per heavy atom. The highest BCUT2D eigenvalue weighted by molar-refractivity contribution is 7.93. The third-order valence-electron chi connectivity index (χ3n) is 4.40. The van der Waals surface area contributed by atoms with E-state index in [2.05, 4.69) is 4.72 Å². The highest BCUT2D eigenvalue weighted by Crippen LogP contribution is 2.32. The third-order valence-corrected chi connectivity index (χ3v) is 7.13. The van der Waals surface area contributed by atoms with Crippen molar-refractivity contribution < 1.29 is 21.6 Å². The molecule has 1 N–H and O–H groups in total. The van der Waals surface area contributed by atoms with Crippen molar-refractivity contribution in [1.29, 1.82) is 0 Å². The topological polar surface area (TPSA) is 92.8 Å². The summed E-state index contributed by atoms with van der Waals surface area (Å²) in [5, 5.41) is 0. The average molecular weight is 427 g/mol. The lowest BCUT2D eigenvalue weighted by atomic mass is 10.0. The fraction of sp³-hybridized carbons (Fsp3) is 0.368. The van der Waals surface area contributed by atoms with Crippen LogP contribution < -0.4 is 13.8 Å². The van der Waals surface area contributed by atoms with Crippen LogP contribution in [0.4, 0.5) is 11.4 Å². The van der Waals surface area contributed by atoms with Crippen LogP contribution in [0.25, 0.3) is 0 Å². The molecule has 0 aliphatic rings. The van der Waals surface area contributed by atoms with E-state index in [-0.39, 0.29) is 16.5 Å². The van der Waals surface area contributed by atoms with Gasteiger partial charge in [0, 0.05) is 7.05 Å². The number of hydrogen-bond acceptors (Lipinski definition) is 5. The SMILES string of the molecule is COc1cc(C)c(S(=O)(=O)Nc2cccc(N(C)S(C)(=O)=O)c2)cc1C(C)C. The standard InChI is InChI=1S/C19H26N2O5S2/c1-13(2)17-12-19(14(3)10-18(17)26-5)28(24,25)20-15-8-7-9-16(11-15)21(4)27(6,22)23/h7-13,20H,1-6H3. The maximum atomic E-state index is 13.0. The number of benzene rings is 2. The number of nitrogens with one attached hydrogen (secondary N) is 1. The fourth-order valence-electron chi connectivity index (χ4n) is 2.76. The highest BCUT2D eigenvalue weighted by atomic mass is 32.2. The summed E-state index contributed by atoms with van der Waals surface area (Å²) in [4.78, 5) is 0.152. The first-order valence-electron chi connectivity index (χ1n) is 8.62. The molecule has 0 radical (unpaired) electrons. The van der Waals surface area contributed by atoms with Gasteiger partial charge < -0.3 is 4.74 Å². The third kappa shape index (κ3) is 4.77. The van der Waals surface area contributed by atoms with Crippen LogP contribution in [0.1, 0.15) is 30.9 Å². The van der Waals surface area contributed by atoms with Crippen molar-refractivity contribution in [2.45, 2.75) is 31.6 Å². The van der Waals surface area contributed by atoms with Gasteiger partial charge in [0.2, 0.25) is 10.0 Å². The number of aryl methyl sites for hydroxylation is 1. The van der Waals surface area contributed by atoms with Crippen molar-refractivity contribution in [3.63, 3.8) is 0 Å². The number of nitrogens with zero attached hydrogens (tertiary/aromatic N) is 1. The lowest BCUT2D eigenvalue weighted by Gasteiger charge is -2.19. The first-order chi connectivity index (χ1) is 12.9. The van der Waals surface area contributed by atoms with Gasteiger partial charge in [-0.2, -0.15) is 0 Å². The van der Waals surface area contributed by atoms with Gasteiger partial charge in [-0.25, -0.2) is 16.8 Å². The summed E-state index contributed by atoms with van der Waals surface area (Å²) in [6.45, 7) is 5.62. The number of anilines is 2. The predicted octanol–water partition coefficient (Wildman–Crippen LogP) is 3.32. The van der Waals surface area contributed by atoms with Crippen LogP contribution in [0.2, 0.25) is 0 Å². The summed E-state index contributed by atoms with van der Waals surface area (Å²) in [5.41, 5.74) is 1.98. The molecule has 0 saturated heterocycles. The minimum Gasteiger partial charge on any atom is -0.496 e. The minimum atomic E-state index is -3.88. The zero-order valence-electron chi connectivity index (χ0n) is 16.8. The van der Waals surface area contributed by atoms with Crippen molar-refractivity contribution in [3.05, 3.63) is 47.5 Å². The summed E-state index contributed by atoms with van der Waals surface area (Å²) < 4.78 is 58.4. The Morgan fingerprint density at radius 2 is 1.71 bits per heavy atom. The van der Waals surface area contributed by atoms with E-state index in [1.807, 2.05) is 13.8 Å². The zero-order chi connectivity index (χ0) is 21.3. The van der Waals surface area contributed by atoms with Crippen molar-refractivity contribution in [2.24, 2.45) is 0 Å². The lowest BCUT2D eigenvalue weighted by molar-refractivity contribution is 0.406. The molecule has 0 saturated carbocycles. The normalized spacial score (nSPS) is 12.1.